The predicted molar refractivity (Wildman–Crippen MR) is 80.3 cm³/mol. The van der Waals surface area contributed by atoms with E-state index in [1.165, 1.54) is 16.0 Å². The molecule has 4 heteroatoms. The molecule has 1 atom stereocenters. The summed E-state index contributed by atoms with van der Waals surface area (Å²) in [5.74, 6) is 0. The summed E-state index contributed by atoms with van der Waals surface area (Å²) in [6.45, 7) is 5.21. The highest BCUT2D eigenvalue weighted by molar-refractivity contribution is 7.15. The van der Waals surface area contributed by atoms with E-state index in [1.54, 1.807) is 11.3 Å². The van der Waals surface area contributed by atoms with Gasteiger partial charge in [0, 0.05) is 35.8 Å². The van der Waals surface area contributed by atoms with E-state index >= 15 is 0 Å². The number of hydrogen-bond donors (Lipinski definition) is 2. The standard InChI is InChI=1S/C15H20N2OS/c1-11-3-5-13(6-4-11)15-17-10-14(19-15)9-16-12(2)7-8-18/h3-6,10,12,16,18H,7-9H2,1-2H3. The summed E-state index contributed by atoms with van der Waals surface area (Å²) in [6.07, 6.45) is 2.71. The maximum Gasteiger partial charge on any atom is 0.123 e. The molecule has 102 valence electrons. The Labute approximate surface area is 118 Å². The van der Waals surface area contributed by atoms with Gasteiger partial charge in [0.05, 0.1) is 0 Å². The zero-order chi connectivity index (χ0) is 13.7. The smallest absolute Gasteiger partial charge is 0.123 e. The van der Waals surface area contributed by atoms with E-state index in [1.807, 2.05) is 6.20 Å². The van der Waals surface area contributed by atoms with Gasteiger partial charge in [-0.3, -0.25) is 0 Å². The number of aliphatic hydroxyl groups is 1. The Hall–Kier alpha value is -1.23. The summed E-state index contributed by atoms with van der Waals surface area (Å²) in [5.41, 5.74) is 2.44. The summed E-state index contributed by atoms with van der Waals surface area (Å²) in [5, 5.41) is 13.3. The van der Waals surface area contributed by atoms with E-state index in [9.17, 15) is 0 Å². The normalized spacial score (nSPS) is 12.6. The number of aliphatic hydroxyl groups excluding tert-OH is 1. The highest BCUT2D eigenvalue weighted by Gasteiger charge is 2.06. The van der Waals surface area contributed by atoms with Gasteiger partial charge in [0.1, 0.15) is 5.01 Å². The number of hydrogen-bond acceptors (Lipinski definition) is 4. The Bertz CT molecular complexity index is 507. The number of rotatable bonds is 6. The zero-order valence-corrected chi connectivity index (χ0v) is 12.2. The Balaban J connectivity index is 1.97. The van der Waals surface area contributed by atoms with Gasteiger partial charge in [-0.15, -0.1) is 11.3 Å². The minimum Gasteiger partial charge on any atom is -0.396 e. The maximum atomic E-state index is 8.86. The first-order valence-electron chi connectivity index (χ1n) is 6.55. The molecular formula is C15H20N2OS. The van der Waals surface area contributed by atoms with Gasteiger partial charge in [0.15, 0.2) is 0 Å². The van der Waals surface area contributed by atoms with Gasteiger partial charge < -0.3 is 10.4 Å². The van der Waals surface area contributed by atoms with Crippen molar-refractivity contribution in [2.45, 2.75) is 32.9 Å². The molecule has 0 saturated heterocycles. The second-order valence-electron chi connectivity index (χ2n) is 4.79. The number of aromatic nitrogens is 1. The Morgan fingerprint density at radius 1 is 1.32 bits per heavy atom. The molecule has 0 fully saturated rings. The first-order chi connectivity index (χ1) is 9.19. The first kappa shape index (κ1) is 14.2. The molecule has 0 aliphatic heterocycles. The van der Waals surface area contributed by atoms with Crippen molar-refractivity contribution in [1.82, 2.24) is 10.3 Å². The van der Waals surface area contributed by atoms with Gasteiger partial charge in [-0.05, 0) is 20.3 Å². The lowest BCUT2D eigenvalue weighted by atomic mass is 10.2. The SMILES string of the molecule is Cc1ccc(-c2ncc(CNC(C)CCO)s2)cc1. The lowest BCUT2D eigenvalue weighted by Crippen LogP contribution is -2.25. The van der Waals surface area contributed by atoms with Crippen molar-refractivity contribution in [3.05, 3.63) is 40.9 Å². The van der Waals surface area contributed by atoms with Crippen LogP contribution in [0.2, 0.25) is 0 Å². The third kappa shape index (κ3) is 4.13. The highest BCUT2D eigenvalue weighted by Crippen LogP contribution is 2.25. The van der Waals surface area contributed by atoms with Crippen LogP contribution >= 0.6 is 11.3 Å². The van der Waals surface area contributed by atoms with Crippen LogP contribution in [0.3, 0.4) is 0 Å². The van der Waals surface area contributed by atoms with Crippen molar-refractivity contribution >= 4 is 11.3 Å². The Morgan fingerprint density at radius 2 is 2.05 bits per heavy atom. The van der Waals surface area contributed by atoms with Gasteiger partial charge in [0.25, 0.3) is 0 Å². The molecule has 2 N–H and O–H groups in total. The van der Waals surface area contributed by atoms with Crippen LogP contribution in [0.1, 0.15) is 23.8 Å². The Kier molecular flexibility index (Phi) is 5.07. The molecule has 1 unspecified atom stereocenters. The molecule has 0 radical (unpaired) electrons. The van der Waals surface area contributed by atoms with Crippen molar-refractivity contribution in [2.75, 3.05) is 6.61 Å². The fraction of sp³-hybridized carbons (Fsp3) is 0.400. The quantitative estimate of drug-likeness (QED) is 0.852. The van der Waals surface area contributed by atoms with Crippen LogP contribution in [0.25, 0.3) is 10.6 Å². The van der Waals surface area contributed by atoms with E-state index in [-0.39, 0.29) is 6.61 Å². The molecule has 0 bridgehead atoms. The number of thiazole rings is 1. The zero-order valence-electron chi connectivity index (χ0n) is 11.4. The molecule has 1 heterocycles. The van der Waals surface area contributed by atoms with Crippen LogP contribution in [0, 0.1) is 6.92 Å². The van der Waals surface area contributed by atoms with Gasteiger partial charge in [-0.25, -0.2) is 4.98 Å². The first-order valence-corrected chi connectivity index (χ1v) is 7.36. The largest absolute Gasteiger partial charge is 0.396 e. The molecule has 2 aromatic rings. The highest BCUT2D eigenvalue weighted by atomic mass is 32.1. The minimum atomic E-state index is 0.228. The topological polar surface area (TPSA) is 45.2 Å². The molecule has 0 aliphatic carbocycles. The van der Waals surface area contributed by atoms with Crippen LogP contribution in [-0.4, -0.2) is 22.7 Å². The van der Waals surface area contributed by atoms with E-state index in [0.29, 0.717) is 6.04 Å². The summed E-state index contributed by atoms with van der Waals surface area (Å²) < 4.78 is 0. The monoisotopic (exact) mass is 276 g/mol. The van der Waals surface area contributed by atoms with E-state index in [2.05, 4.69) is 48.4 Å². The molecule has 0 spiro atoms. The predicted octanol–water partition coefficient (Wildman–Crippen LogP) is 2.98. The van der Waals surface area contributed by atoms with Crippen molar-refractivity contribution in [1.29, 1.82) is 0 Å². The van der Waals surface area contributed by atoms with Crippen molar-refractivity contribution in [2.24, 2.45) is 0 Å². The third-order valence-corrected chi connectivity index (χ3v) is 4.09. The molecule has 3 nitrogen and oxygen atoms in total. The average Bonchev–Trinajstić information content (AvgIpc) is 2.86. The van der Waals surface area contributed by atoms with Gasteiger partial charge in [0.2, 0.25) is 0 Å². The van der Waals surface area contributed by atoms with Gasteiger partial charge >= 0.3 is 0 Å². The third-order valence-electron chi connectivity index (χ3n) is 3.04. The fourth-order valence-electron chi connectivity index (χ4n) is 1.79. The number of nitrogens with one attached hydrogen (secondary N) is 1. The lowest BCUT2D eigenvalue weighted by molar-refractivity contribution is 0.269. The summed E-state index contributed by atoms with van der Waals surface area (Å²) in [7, 11) is 0. The van der Waals surface area contributed by atoms with Gasteiger partial charge in [-0.2, -0.15) is 0 Å². The average molecular weight is 276 g/mol. The summed E-state index contributed by atoms with van der Waals surface area (Å²) in [4.78, 5) is 5.69. The van der Waals surface area contributed by atoms with E-state index in [0.717, 1.165) is 18.0 Å². The van der Waals surface area contributed by atoms with Gasteiger partial charge in [-0.1, -0.05) is 29.8 Å². The van der Waals surface area contributed by atoms with Crippen LogP contribution in [0.4, 0.5) is 0 Å². The maximum absolute atomic E-state index is 8.86. The van der Waals surface area contributed by atoms with E-state index in [4.69, 9.17) is 5.11 Å². The summed E-state index contributed by atoms with van der Waals surface area (Å²) in [6, 6.07) is 8.77. The van der Waals surface area contributed by atoms with Crippen molar-refractivity contribution in [3.63, 3.8) is 0 Å². The van der Waals surface area contributed by atoms with Crippen molar-refractivity contribution in [3.8, 4) is 10.6 Å². The molecular weight excluding hydrogens is 256 g/mol. The number of aryl methyl sites for hydroxylation is 1. The molecule has 0 amide bonds. The van der Waals surface area contributed by atoms with Crippen LogP contribution in [0.15, 0.2) is 30.5 Å². The molecule has 1 aromatic heterocycles. The Morgan fingerprint density at radius 3 is 2.74 bits per heavy atom. The van der Waals surface area contributed by atoms with Crippen LogP contribution in [0.5, 0.6) is 0 Å². The van der Waals surface area contributed by atoms with Crippen molar-refractivity contribution < 1.29 is 5.11 Å². The number of benzene rings is 1. The second kappa shape index (κ2) is 6.80. The second-order valence-corrected chi connectivity index (χ2v) is 5.91. The number of nitrogens with zero attached hydrogens (tertiary/aromatic N) is 1. The van der Waals surface area contributed by atoms with E-state index < -0.39 is 0 Å². The fourth-order valence-corrected chi connectivity index (χ4v) is 2.66. The van der Waals surface area contributed by atoms with Crippen LogP contribution in [-0.2, 0) is 6.54 Å². The van der Waals surface area contributed by atoms with Crippen LogP contribution < -0.4 is 5.32 Å². The molecule has 0 saturated carbocycles. The molecule has 1 aromatic carbocycles. The lowest BCUT2D eigenvalue weighted by Gasteiger charge is -2.10. The molecule has 2 rings (SSSR count). The minimum absolute atomic E-state index is 0.228. The molecule has 0 aliphatic rings. The molecule has 19 heavy (non-hydrogen) atoms. The summed E-state index contributed by atoms with van der Waals surface area (Å²) >= 11 is 1.72.